The van der Waals surface area contributed by atoms with Crippen molar-refractivity contribution in [1.82, 2.24) is 9.97 Å². The Labute approximate surface area is 160 Å². The van der Waals surface area contributed by atoms with Gasteiger partial charge in [0.25, 0.3) is 0 Å². The van der Waals surface area contributed by atoms with Gasteiger partial charge in [-0.05, 0) is 39.6 Å². The predicted molar refractivity (Wildman–Crippen MR) is 113 cm³/mol. The Kier molecular flexibility index (Phi) is 3.14. The molecule has 0 saturated heterocycles. The van der Waals surface area contributed by atoms with Crippen LogP contribution in [0.1, 0.15) is 51.3 Å². The van der Waals surface area contributed by atoms with Gasteiger partial charge in [-0.3, -0.25) is 4.98 Å². The average molecular weight is 352 g/mol. The molecular formula is C25H24N2. The maximum atomic E-state index is 5.19. The van der Waals surface area contributed by atoms with Crippen LogP contribution in [0.15, 0.2) is 54.9 Å². The van der Waals surface area contributed by atoms with E-state index in [0.29, 0.717) is 0 Å². The molecule has 0 aliphatic heterocycles. The second-order valence-corrected chi connectivity index (χ2v) is 9.22. The van der Waals surface area contributed by atoms with Crippen LogP contribution in [0.3, 0.4) is 0 Å². The predicted octanol–water partition coefficient (Wildman–Crippen LogP) is 6.39. The summed E-state index contributed by atoms with van der Waals surface area (Å²) in [6, 6.07) is 15.4. The van der Waals surface area contributed by atoms with Crippen LogP contribution in [0.4, 0.5) is 0 Å². The molecule has 0 N–H and O–H groups in total. The van der Waals surface area contributed by atoms with Gasteiger partial charge in [0.05, 0.1) is 11.2 Å². The lowest BCUT2D eigenvalue weighted by Crippen LogP contribution is -2.25. The lowest BCUT2D eigenvalue weighted by molar-refractivity contribution is 0.595. The number of nitrogens with zero attached hydrogens (tertiary/aromatic N) is 2. The molecular weight excluding hydrogens is 328 g/mol. The van der Waals surface area contributed by atoms with E-state index in [4.69, 9.17) is 4.98 Å². The lowest BCUT2D eigenvalue weighted by Gasteiger charge is -2.34. The van der Waals surface area contributed by atoms with Crippen molar-refractivity contribution in [2.24, 2.45) is 0 Å². The summed E-state index contributed by atoms with van der Waals surface area (Å²) in [4.78, 5) is 9.72. The molecule has 5 rings (SSSR count). The van der Waals surface area contributed by atoms with Crippen molar-refractivity contribution < 1.29 is 0 Å². The molecule has 0 saturated carbocycles. The van der Waals surface area contributed by atoms with Gasteiger partial charge in [0, 0.05) is 34.1 Å². The molecule has 1 aliphatic rings. The van der Waals surface area contributed by atoms with Crippen LogP contribution < -0.4 is 0 Å². The maximum Gasteiger partial charge on any atom is 0.0756 e. The van der Waals surface area contributed by atoms with Gasteiger partial charge >= 0.3 is 0 Å². The van der Waals surface area contributed by atoms with Crippen LogP contribution in [-0.4, -0.2) is 9.97 Å². The number of benzene rings is 2. The zero-order valence-corrected chi connectivity index (χ0v) is 16.6. The minimum absolute atomic E-state index is 0.0771. The summed E-state index contributed by atoms with van der Waals surface area (Å²) in [7, 11) is 0. The third-order valence-electron chi connectivity index (χ3n) is 6.05. The number of hydrogen-bond donors (Lipinski definition) is 0. The number of fused-ring (bicyclic) bond motifs is 3. The Hall–Kier alpha value is -2.74. The van der Waals surface area contributed by atoms with E-state index in [-0.39, 0.29) is 10.8 Å². The number of aromatic nitrogens is 2. The number of rotatable bonds is 0. The summed E-state index contributed by atoms with van der Waals surface area (Å²) in [5, 5.41) is 3.74. The second-order valence-electron chi connectivity index (χ2n) is 9.22. The molecule has 0 amide bonds. The van der Waals surface area contributed by atoms with E-state index >= 15 is 0 Å². The quantitative estimate of drug-likeness (QED) is 0.366. The first-order chi connectivity index (χ1) is 12.8. The molecule has 1 aliphatic carbocycles. The normalized spacial score (nSPS) is 15.1. The van der Waals surface area contributed by atoms with Gasteiger partial charge in [0.1, 0.15) is 0 Å². The molecule has 0 radical (unpaired) electrons. The largest absolute Gasteiger partial charge is 0.264 e. The van der Waals surface area contributed by atoms with Crippen molar-refractivity contribution in [1.29, 1.82) is 0 Å². The van der Waals surface area contributed by atoms with Gasteiger partial charge in [0.15, 0.2) is 0 Å². The Bertz CT molecular complexity index is 1220. The molecule has 0 atom stereocenters. The van der Waals surface area contributed by atoms with E-state index in [2.05, 4.69) is 82.1 Å². The second kappa shape index (κ2) is 5.16. The van der Waals surface area contributed by atoms with Crippen LogP contribution in [0.5, 0.6) is 0 Å². The van der Waals surface area contributed by atoms with E-state index in [1.807, 2.05) is 12.4 Å². The van der Waals surface area contributed by atoms with Crippen LogP contribution in [0.2, 0.25) is 0 Å². The smallest absolute Gasteiger partial charge is 0.0756 e. The van der Waals surface area contributed by atoms with E-state index in [1.165, 1.54) is 38.4 Å². The fraction of sp³-hybridized carbons (Fsp3) is 0.280. The lowest BCUT2D eigenvalue weighted by atomic mass is 9.70. The summed E-state index contributed by atoms with van der Waals surface area (Å²) >= 11 is 0. The minimum Gasteiger partial charge on any atom is -0.264 e. The molecule has 2 aromatic carbocycles. The summed E-state index contributed by atoms with van der Waals surface area (Å²) in [5.74, 6) is 0. The molecule has 2 nitrogen and oxygen atoms in total. The molecule has 0 bridgehead atoms. The molecule has 4 aromatic rings. The summed E-state index contributed by atoms with van der Waals surface area (Å²) in [6.45, 7) is 11.4. The van der Waals surface area contributed by atoms with Crippen molar-refractivity contribution in [3.05, 3.63) is 71.5 Å². The third kappa shape index (κ3) is 2.19. The molecule has 0 spiro atoms. The standard InChI is InChI=1S/C25H24N2/c1-24(2,3)18-10-7-11-21-17(18)12-19-23(27-21)16-9-6-8-15-13-26-14-20(22(15)16)25(19,4)5/h6-14H,1-5H3. The fourth-order valence-corrected chi connectivity index (χ4v) is 4.58. The SMILES string of the molecule is CC(C)(C)c1cccc2nc3c(cc12)C(C)(C)c1cncc2cccc-3c12. The zero-order chi connectivity index (χ0) is 19.0. The first-order valence-corrected chi connectivity index (χ1v) is 9.61. The van der Waals surface area contributed by atoms with Gasteiger partial charge in [-0.2, -0.15) is 0 Å². The topological polar surface area (TPSA) is 25.8 Å². The monoisotopic (exact) mass is 352 g/mol. The average Bonchev–Trinajstić information content (AvgIpc) is 2.63. The molecule has 0 unspecified atom stereocenters. The molecule has 0 fully saturated rings. The first kappa shape index (κ1) is 16.4. The van der Waals surface area contributed by atoms with E-state index in [0.717, 1.165) is 11.2 Å². The van der Waals surface area contributed by atoms with Crippen molar-refractivity contribution in [3.8, 4) is 11.3 Å². The van der Waals surface area contributed by atoms with Crippen molar-refractivity contribution in [3.63, 3.8) is 0 Å². The van der Waals surface area contributed by atoms with Gasteiger partial charge in [-0.25, -0.2) is 4.98 Å². The molecule has 2 aromatic heterocycles. The van der Waals surface area contributed by atoms with Crippen LogP contribution in [-0.2, 0) is 10.8 Å². The Morgan fingerprint density at radius 2 is 1.67 bits per heavy atom. The molecule has 134 valence electrons. The summed E-state index contributed by atoms with van der Waals surface area (Å²) in [5.41, 5.74) is 7.28. The van der Waals surface area contributed by atoms with E-state index < -0.39 is 0 Å². The van der Waals surface area contributed by atoms with Crippen LogP contribution in [0.25, 0.3) is 32.9 Å². The highest BCUT2D eigenvalue weighted by Gasteiger charge is 2.35. The summed E-state index contributed by atoms with van der Waals surface area (Å²) < 4.78 is 0. The first-order valence-electron chi connectivity index (χ1n) is 9.61. The highest BCUT2D eigenvalue weighted by molar-refractivity contribution is 6.03. The molecule has 27 heavy (non-hydrogen) atoms. The van der Waals surface area contributed by atoms with E-state index in [9.17, 15) is 0 Å². The fourth-order valence-electron chi connectivity index (χ4n) is 4.58. The van der Waals surface area contributed by atoms with Crippen molar-refractivity contribution >= 4 is 21.7 Å². The van der Waals surface area contributed by atoms with Crippen LogP contribution in [0, 0.1) is 0 Å². The maximum absolute atomic E-state index is 5.19. The van der Waals surface area contributed by atoms with Gasteiger partial charge in [-0.15, -0.1) is 0 Å². The van der Waals surface area contributed by atoms with Crippen molar-refractivity contribution in [2.75, 3.05) is 0 Å². The highest BCUT2D eigenvalue weighted by Crippen LogP contribution is 2.48. The Balaban J connectivity index is 1.96. The van der Waals surface area contributed by atoms with Crippen LogP contribution >= 0.6 is 0 Å². The number of pyridine rings is 2. The zero-order valence-electron chi connectivity index (χ0n) is 16.6. The Morgan fingerprint density at radius 1 is 0.889 bits per heavy atom. The summed E-state index contributed by atoms with van der Waals surface area (Å²) in [6.07, 6.45) is 4.00. The molecule has 2 heterocycles. The minimum atomic E-state index is -0.137. The Morgan fingerprint density at radius 3 is 2.44 bits per heavy atom. The van der Waals surface area contributed by atoms with E-state index in [1.54, 1.807) is 0 Å². The van der Waals surface area contributed by atoms with Gasteiger partial charge in [0.2, 0.25) is 0 Å². The third-order valence-corrected chi connectivity index (χ3v) is 6.05. The number of hydrogen-bond acceptors (Lipinski definition) is 2. The van der Waals surface area contributed by atoms with Gasteiger partial charge in [-0.1, -0.05) is 65.0 Å². The highest BCUT2D eigenvalue weighted by atomic mass is 14.7. The molecule has 2 heteroatoms. The van der Waals surface area contributed by atoms with Crippen molar-refractivity contribution in [2.45, 2.75) is 45.4 Å². The van der Waals surface area contributed by atoms with Gasteiger partial charge < -0.3 is 0 Å².